The van der Waals surface area contributed by atoms with Crippen LogP contribution in [-0.4, -0.2) is 41.2 Å². The molecule has 7 heteroatoms. The lowest BCUT2D eigenvalue weighted by Gasteiger charge is -2.33. The van der Waals surface area contributed by atoms with Crippen molar-refractivity contribution < 1.29 is 4.74 Å². The van der Waals surface area contributed by atoms with E-state index in [2.05, 4.69) is 65.7 Å². The summed E-state index contributed by atoms with van der Waals surface area (Å²) < 4.78 is 5.47. The molecule has 0 aliphatic heterocycles. The third-order valence-electron chi connectivity index (χ3n) is 5.71. The maximum Gasteiger partial charge on any atom is 0.227 e. The highest BCUT2D eigenvalue weighted by Crippen LogP contribution is 2.43. The molecule has 1 aliphatic carbocycles. The molecule has 2 heterocycles. The van der Waals surface area contributed by atoms with Crippen LogP contribution >= 0.6 is 0 Å². The van der Waals surface area contributed by atoms with E-state index < -0.39 is 0 Å². The minimum Gasteiger partial charge on any atom is -0.497 e. The second-order valence-electron chi connectivity index (χ2n) is 9.13. The predicted molar refractivity (Wildman–Crippen MR) is 130 cm³/mol. The maximum absolute atomic E-state index is 5.47. The van der Waals surface area contributed by atoms with E-state index in [4.69, 9.17) is 9.72 Å². The van der Waals surface area contributed by atoms with Crippen LogP contribution in [0.3, 0.4) is 0 Å². The number of hydrogen-bond acceptors (Lipinski definition) is 7. The molecule has 3 N–H and O–H groups in total. The van der Waals surface area contributed by atoms with Gasteiger partial charge in [-0.25, -0.2) is 15.0 Å². The van der Waals surface area contributed by atoms with E-state index in [9.17, 15) is 0 Å². The summed E-state index contributed by atoms with van der Waals surface area (Å²) in [6.45, 7) is 10.5. The van der Waals surface area contributed by atoms with Gasteiger partial charge in [-0.2, -0.15) is 0 Å². The summed E-state index contributed by atoms with van der Waals surface area (Å²) in [6, 6.07) is 10.7. The highest BCUT2D eigenvalue weighted by molar-refractivity contribution is 5.74. The highest BCUT2D eigenvalue weighted by Gasteiger charge is 2.32. The Bertz CT molecular complexity index is 1080. The van der Waals surface area contributed by atoms with Crippen molar-refractivity contribution in [1.82, 2.24) is 20.3 Å². The molecular formula is C25H32N6O. The molecule has 0 unspecified atom stereocenters. The second kappa shape index (κ2) is 9.12. The molecule has 0 amide bonds. The van der Waals surface area contributed by atoms with Crippen molar-refractivity contribution >= 4 is 17.5 Å². The number of aromatic nitrogens is 3. The van der Waals surface area contributed by atoms with E-state index in [-0.39, 0.29) is 5.41 Å². The van der Waals surface area contributed by atoms with E-state index in [0.29, 0.717) is 12.0 Å². The number of benzene rings is 1. The average Bonchev–Trinajstić information content (AvgIpc) is 2.77. The molecule has 0 fully saturated rings. The average molecular weight is 433 g/mol. The molecule has 7 nitrogen and oxygen atoms in total. The van der Waals surface area contributed by atoms with E-state index >= 15 is 0 Å². The summed E-state index contributed by atoms with van der Waals surface area (Å²) in [7, 11) is 1.69. The van der Waals surface area contributed by atoms with Crippen molar-refractivity contribution in [3.8, 4) is 17.0 Å². The fraction of sp³-hybridized carbons (Fsp3) is 0.400. The normalized spacial score (nSPS) is 13.9. The van der Waals surface area contributed by atoms with Crippen molar-refractivity contribution in [2.75, 3.05) is 30.8 Å². The van der Waals surface area contributed by atoms with Crippen LogP contribution < -0.4 is 20.7 Å². The molecule has 0 spiro atoms. The van der Waals surface area contributed by atoms with Gasteiger partial charge in [0.05, 0.1) is 24.7 Å². The predicted octanol–water partition coefficient (Wildman–Crippen LogP) is 4.53. The molecule has 4 rings (SSSR count). The Hall–Kier alpha value is -3.19. The van der Waals surface area contributed by atoms with Crippen molar-refractivity contribution in [2.24, 2.45) is 0 Å². The first kappa shape index (κ1) is 22.0. The zero-order valence-electron chi connectivity index (χ0n) is 19.5. The summed E-state index contributed by atoms with van der Waals surface area (Å²) >= 11 is 0. The summed E-state index contributed by atoms with van der Waals surface area (Å²) in [5, 5.41) is 9.98. The molecule has 2 aromatic heterocycles. The SMILES string of the molecule is COc1ccc2c(c1)-c1nc(Nc3ccc(NCCNC(C)C)nc3)ncc1CC2(C)C. The molecule has 1 aromatic carbocycles. The van der Waals surface area contributed by atoms with Gasteiger partial charge in [0.25, 0.3) is 0 Å². The third kappa shape index (κ3) is 4.83. The number of pyridine rings is 1. The molecule has 1 aliphatic rings. The zero-order valence-corrected chi connectivity index (χ0v) is 19.5. The van der Waals surface area contributed by atoms with Crippen LogP contribution in [0.25, 0.3) is 11.3 Å². The Labute approximate surface area is 190 Å². The Kier molecular flexibility index (Phi) is 6.28. The molecule has 32 heavy (non-hydrogen) atoms. The number of ether oxygens (including phenoxy) is 1. The van der Waals surface area contributed by atoms with Crippen molar-refractivity contribution in [3.05, 3.63) is 53.9 Å². The number of hydrogen-bond donors (Lipinski definition) is 3. The fourth-order valence-corrected chi connectivity index (χ4v) is 4.09. The molecule has 0 saturated heterocycles. The van der Waals surface area contributed by atoms with E-state index in [1.165, 1.54) is 5.56 Å². The Morgan fingerprint density at radius 3 is 2.62 bits per heavy atom. The lowest BCUT2D eigenvalue weighted by molar-refractivity contribution is 0.414. The van der Waals surface area contributed by atoms with E-state index in [1.807, 2.05) is 24.4 Å². The molecule has 0 atom stereocenters. The van der Waals surface area contributed by atoms with Gasteiger partial charge in [-0.3, -0.25) is 0 Å². The Morgan fingerprint density at radius 1 is 1.06 bits per heavy atom. The molecule has 0 bridgehead atoms. The summed E-state index contributed by atoms with van der Waals surface area (Å²) in [5.74, 6) is 2.23. The van der Waals surface area contributed by atoms with E-state index in [1.54, 1.807) is 13.3 Å². The van der Waals surface area contributed by atoms with Gasteiger partial charge < -0.3 is 20.7 Å². The largest absolute Gasteiger partial charge is 0.497 e. The van der Waals surface area contributed by atoms with Crippen LogP contribution in [0.2, 0.25) is 0 Å². The first-order valence-electron chi connectivity index (χ1n) is 11.1. The number of nitrogens with one attached hydrogen (secondary N) is 3. The topological polar surface area (TPSA) is 84.0 Å². The summed E-state index contributed by atoms with van der Waals surface area (Å²) in [5.41, 5.74) is 5.35. The van der Waals surface area contributed by atoms with Gasteiger partial charge in [-0.1, -0.05) is 33.8 Å². The van der Waals surface area contributed by atoms with Gasteiger partial charge in [0.1, 0.15) is 11.6 Å². The van der Waals surface area contributed by atoms with Gasteiger partial charge in [0.15, 0.2) is 0 Å². The standard InChI is InChI=1S/C25H32N6O/c1-16(2)26-10-11-27-22-9-6-18(15-28-22)30-24-29-14-17-13-25(3,4)21-8-7-19(32-5)12-20(21)23(17)31-24/h6-9,12,14-16,26H,10-11,13H2,1-5H3,(H,27,28)(H,29,30,31). The van der Waals surface area contributed by atoms with Crippen molar-refractivity contribution in [1.29, 1.82) is 0 Å². The first-order chi connectivity index (χ1) is 15.4. The van der Waals surface area contributed by atoms with Gasteiger partial charge in [-0.05, 0) is 47.2 Å². The first-order valence-corrected chi connectivity index (χ1v) is 11.1. The van der Waals surface area contributed by atoms with Gasteiger partial charge in [0.2, 0.25) is 5.95 Å². The number of fused-ring (bicyclic) bond motifs is 3. The van der Waals surface area contributed by atoms with Crippen LogP contribution in [-0.2, 0) is 11.8 Å². The number of nitrogens with zero attached hydrogens (tertiary/aromatic N) is 3. The van der Waals surface area contributed by atoms with Gasteiger partial charge in [0, 0.05) is 30.9 Å². The van der Waals surface area contributed by atoms with Crippen LogP contribution in [0.4, 0.5) is 17.5 Å². The summed E-state index contributed by atoms with van der Waals surface area (Å²) in [6.07, 6.45) is 4.62. The Balaban J connectivity index is 1.51. The van der Waals surface area contributed by atoms with Crippen molar-refractivity contribution in [3.63, 3.8) is 0 Å². The molecule has 168 valence electrons. The Morgan fingerprint density at radius 2 is 1.91 bits per heavy atom. The maximum atomic E-state index is 5.47. The second-order valence-corrected chi connectivity index (χ2v) is 9.13. The molecular weight excluding hydrogens is 400 g/mol. The number of anilines is 3. The minimum absolute atomic E-state index is 0.0182. The third-order valence-corrected chi connectivity index (χ3v) is 5.71. The van der Waals surface area contributed by atoms with Crippen LogP contribution in [0.5, 0.6) is 5.75 Å². The number of methoxy groups -OCH3 is 1. The number of rotatable bonds is 8. The van der Waals surface area contributed by atoms with Gasteiger partial charge >= 0.3 is 0 Å². The smallest absolute Gasteiger partial charge is 0.227 e. The molecule has 0 saturated carbocycles. The van der Waals surface area contributed by atoms with E-state index in [0.717, 1.165) is 53.6 Å². The van der Waals surface area contributed by atoms with Crippen molar-refractivity contribution in [2.45, 2.75) is 45.6 Å². The van der Waals surface area contributed by atoms with Crippen LogP contribution in [0, 0.1) is 0 Å². The zero-order chi connectivity index (χ0) is 22.7. The van der Waals surface area contributed by atoms with Crippen LogP contribution in [0.15, 0.2) is 42.7 Å². The van der Waals surface area contributed by atoms with Crippen LogP contribution in [0.1, 0.15) is 38.8 Å². The summed E-state index contributed by atoms with van der Waals surface area (Å²) in [4.78, 5) is 13.9. The minimum atomic E-state index is 0.0182. The lowest BCUT2D eigenvalue weighted by Crippen LogP contribution is -2.28. The monoisotopic (exact) mass is 432 g/mol. The lowest BCUT2D eigenvalue weighted by atomic mass is 9.72. The molecule has 0 radical (unpaired) electrons. The highest BCUT2D eigenvalue weighted by atomic mass is 16.5. The molecule has 3 aromatic rings. The van der Waals surface area contributed by atoms with Gasteiger partial charge in [-0.15, -0.1) is 0 Å². The quantitative estimate of drug-likeness (QED) is 0.451. The fourth-order valence-electron chi connectivity index (χ4n) is 4.09.